The Morgan fingerprint density at radius 2 is 1.92 bits per heavy atom. The normalized spacial score (nSPS) is 14.9. The van der Waals surface area contributed by atoms with Crippen molar-refractivity contribution in [1.29, 1.82) is 0 Å². The van der Waals surface area contributed by atoms with E-state index in [9.17, 15) is 9.59 Å². The first-order valence-electron chi connectivity index (χ1n) is 8.09. The van der Waals surface area contributed by atoms with Crippen molar-refractivity contribution in [3.63, 3.8) is 0 Å². The van der Waals surface area contributed by atoms with Crippen molar-refractivity contribution in [2.24, 2.45) is 0 Å². The summed E-state index contributed by atoms with van der Waals surface area (Å²) in [5, 5.41) is 4.11. The quantitative estimate of drug-likeness (QED) is 0.903. The summed E-state index contributed by atoms with van der Waals surface area (Å²) >= 11 is 1.65. The van der Waals surface area contributed by atoms with Crippen LogP contribution in [0.5, 0.6) is 0 Å². The summed E-state index contributed by atoms with van der Waals surface area (Å²) in [6, 6.07) is 2.08. The van der Waals surface area contributed by atoms with Crippen LogP contribution < -0.4 is 5.32 Å². The van der Waals surface area contributed by atoms with Crippen molar-refractivity contribution in [3.05, 3.63) is 17.3 Å². The molecular weight excluding hydrogens is 326 g/mol. The molecular formula is C16H21N5O2S. The van der Waals surface area contributed by atoms with E-state index in [1.807, 2.05) is 0 Å². The molecule has 2 aromatic heterocycles. The number of rotatable bonds is 4. The highest BCUT2D eigenvalue weighted by Crippen LogP contribution is 2.28. The van der Waals surface area contributed by atoms with Gasteiger partial charge in [0.2, 0.25) is 11.8 Å². The Kier molecular flexibility index (Phi) is 4.94. The number of amides is 2. The third kappa shape index (κ3) is 3.48. The summed E-state index contributed by atoms with van der Waals surface area (Å²) in [7, 11) is 0. The number of carbonyl (C=O) groups excluding carboxylic acids is 2. The van der Waals surface area contributed by atoms with Gasteiger partial charge < -0.3 is 15.1 Å². The van der Waals surface area contributed by atoms with Crippen LogP contribution in [0.4, 0.5) is 5.82 Å². The van der Waals surface area contributed by atoms with Gasteiger partial charge in [-0.2, -0.15) is 0 Å². The van der Waals surface area contributed by atoms with Gasteiger partial charge in [-0.3, -0.25) is 9.59 Å². The molecule has 1 N–H and O–H groups in total. The number of piperazine rings is 1. The maximum atomic E-state index is 12.4. The molecule has 0 radical (unpaired) electrons. The highest BCUT2D eigenvalue weighted by Gasteiger charge is 2.22. The van der Waals surface area contributed by atoms with Crippen LogP contribution in [-0.4, -0.2) is 64.3 Å². The molecule has 0 spiro atoms. The Bertz CT molecular complexity index is 752. The molecule has 1 fully saturated rings. The van der Waals surface area contributed by atoms with Gasteiger partial charge in [0.1, 0.15) is 17.0 Å². The van der Waals surface area contributed by atoms with Crippen molar-refractivity contribution >= 4 is 39.2 Å². The highest BCUT2D eigenvalue weighted by molar-refractivity contribution is 7.18. The van der Waals surface area contributed by atoms with Crippen LogP contribution >= 0.6 is 11.3 Å². The first-order valence-corrected chi connectivity index (χ1v) is 8.90. The van der Waals surface area contributed by atoms with Crippen molar-refractivity contribution < 1.29 is 9.59 Å². The second-order valence-electron chi connectivity index (χ2n) is 5.75. The predicted octanol–water partition coefficient (Wildman–Crippen LogP) is 1.36. The summed E-state index contributed by atoms with van der Waals surface area (Å²) in [4.78, 5) is 38.0. The maximum Gasteiger partial charge on any atom is 0.242 e. The first kappa shape index (κ1) is 16.6. The lowest BCUT2D eigenvalue weighted by molar-refractivity contribution is -0.137. The fraction of sp³-hybridized carbons (Fsp3) is 0.500. The second-order valence-corrected chi connectivity index (χ2v) is 6.86. The fourth-order valence-electron chi connectivity index (χ4n) is 2.76. The summed E-state index contributed by atoms with van der Waals surface area (Å²) < 4.78 is 0. The molecule has 0 aliphatic carbocycles. The average molecular weight is 347 g/mol. The van der Waals surface area contributed by atoms with Gasteiger partial charge >= 0.3 is 0 Å². The molecule has 8 heteroatoms. The molecule has 24 heavy (non-hydrogen) atoms. The molecule has 0 unspecified atom stereocenters. The number of fused-ring (bicyclic) bond motifs is 1. The molecule has 2 aromatic rings. The van der Waals surface area contributed by atoms with Gasteiger partial charge in [-0.25, -0.2) is 9.97 Å². The Balaban J connectivity index is 1.61. The van der Waals surface area contributed by atoms with Gasteiger partial charge in [0.05, 0.1) is 11.9 Å². The number of nitrogens with zero attached hydrogens (tertiary/aromatic N) is 4. The standard InChI is InChI=1S/C16H21N5O2S/c1-3-12-8-13-15(18-10-19-16(13)24-12)17-9-14(23)21-6-4-20(5-7-21)11(2)22/h8,10H,3-7,9H2,1-2H3,(H,17,18,19). The van der Waals surface area contributed by atoms with Gasteiger partial charge in [0, 0.05) is 38.0 Å². The maximum absolute atomic E-state index is 12.4. The third-order valence-corrected chi connectivity index (χ3v) is 5.40. The van der Waals surface area contributed by atoms with E-state index in [0.29, 0.717) is 32.0 Å². The number of nitrogens with one attached hydrogen (secondary N) is 1. The first-order chi connectivity index (χ1) is 11.6. The van der Waals surface area contributed by atoms with Gasteiger partial charge in [0.25, 0.3) is 0 Å². The average Bonchev–Trinajstić information content (AvgIpc) is 3.03. The molecule has 0 saturated carbocycles. The lowest BCUT2D eigenvalue weighted by atomic mass is 10.3. The molecule has 7 nitrogen and oxygen atoms in total. The summed E-state index contributed by atoms with van der Waals surface area (Å²) in [6.07, 6.45) is 2.48. The Morgan fingerprint density at radius 1 is 1.21 bits per heavy atom. The lowest BCUT2D eigenvalue weighted by Gasteiger charge is -2.34. The predicted molar refractivity (Wildman–Crippen MR) is 94.1 cm³/mol. The van der Waals surface area contributed by atoms with E-state index in [-0.39, 0.29) is 18.4 Å². The summed E-state index contributed by atoms with van der Waals surface area (Å²) in [5.41, 5.74) is 0. The SMILES string of the molecule is CCc1cc2c(NCC(=O)N3CCN(C(C)=O)CC3)ncnc2s1. The molecule has 0 aromatic carbocycles. The second kappa shape index (κ2) is 7.12. The van der Waals surface area contributed by atoms with E-state index >= 15 is 0 Å². The molecule has 2 amide bonds. The Labute approximate surface area is 144 Å². The zero-order valence-corrected chi connectivity index (χ0v) is 14.7. The van der Waals surface area contributed by atoms with Crippen LogP contribution in [0.15, 0.2) is 12.4 Å². The van der Waals surface area contributed by atoms with Crippen molar-refractivity contribution in [3.8, 4) is 0 Å². The summed E-state index contributed by atoms with van der Waals surface area (Å²) in [5.74, 6) is 0.787. The van der Waals surface area contributed by atoms with Crippen LogP contribution in [0, 0.1) is 0 Å². The molecule has 1 aliphatic rings. The van der Waals surface area contributed by atoms with E-state index in [4.69, 9.17) is 0 Å². The van der Waals surface area contributed by atoms with Crippen LogP contribution in [0.25, 0.3) is 10.2 Å². The minimum atomic E-state index is 0.0240. The van der Waals surface area contributed by atoms with Gasteiger partial charge in [-0.1, -0.05) is 6.92 Å². The van der Waals surface area contributed by atoms with Crippen LogP contribution in [0.1, 0.15) is 18.7 Å². The molecule has 0 atom stereocenters. The van der Waals surface area contributed by atoms with Gasteiger partial charge in [-0.15, -0.1) is 11.3 Å². The molecule has 1 saturated heterocycles. The number of anilines is 1. The molecule has 128 valence electrons. The van der Waals surface area contributed by atoms with Crippen molar-refractivity contribution in [2.45, 2.75) is 20.3 Å². The monoisotopic (exact) mass is 347 g/mol. The van der Waals surface area contributed by atoms with Crippen LogP contribution in [0.2, 0.25) is 0 Å². The minimum absolute atomic E-state index is 0.0240. The van der Waals surface area contributed by atoms with E-state index in [1.54, 1.807) is 28.1 Å². The fourth-order valence-corrected chi connectivity index (χ4v) is 3.70. The van der Waals surface area contributed by atoms with E-state index < -0.39 is 0 Å². The van der Waals surface area contributed by atoms with Crippen molar-refractivity contribution in [2.75, 3.05) is 38.0 Å². The molecule has 1 aliphatic heterocycles. The molecule has 0 bridgehead atoms. The van der Waals surface area contributed by atoms with E-state index in [0.717, 1.165) is 16.6 Å². The number of thiophene rings is 1. The molecule has 3 heterocycles. The minimum Gasteiger partial charge on any atom is -0.360 e. The summed E-state index contributed by atoms with van der Waals surface area (Å²) in [6.45, 7) is 6.23. The number of aryl methyl sites for hydroxylation is 1. The van der Waals surface area contributed by atoms with E-state index in [1.165, 1.54) is 11.2 Å². The lowest BCUT2D eigenvalue weighted by Crippen LogP contribution is -2.51. The van der Waals surface area contributed by atoms with Crippen molar-refractivity contribution in [1.82, 2.24) is 19.8 Å². The molecule has 3 rings (SSSR count). The number of hydrogen-bond donors (Lipinski definition) is 1. The zero-order chi connectivity index (χ0) is 17.1. The zero-order valence-electron chi connectivity index (χ0n) is 13.9. The Hall–Kier alpha value is -2.22. The smallest absolute Gasteiger partial charge is 0.242 e. The van der Waals surface area contributed by atoms with E-state index in [2.05, 4.69) is 28.3 Å². The highest BCUT2D eigenvalue weighted by atomic mass is 32.1. The number of aromatic nitrogens is 2. The van der Waals surface area contributed by atoms with Gasteiger partial charge in [-0.05, 0) is 12.5 Å². The Morgan fingerprint density at radius 3 is 2.58 bits per heavy atom. The third-order valence-electron chi connectivity index (χ3n) is 4.21. The largest absolute Gasteiger partial charge is 0.360 e. The number of carbonyl (C=O) groups is 2. The van der Waals surface area contributed by atoms with Crippen LogP contribution in [-0.2, 0) is 16.0 Å². The number of hydrogen-bond acceptors (Lipinski definition) is 6. The van der Waals surface area contributed by atoms with Crippen LogP contribution in [0.3, 0.4) is 0 Å². The topological polar surface area (TPSA) is 78.4 Å². The van der Waals surface area contributed by atoms with Gasteiger partial charge in [0.15, 0.2) is 0 Å².